The molecule has 20 heavy (non-hydrogen) atoms. The highest BCUT2D eigenvalue weighted by molar-refractivity contribution is 6.14. The molecule has 2 heterocycles. The number of anilines is 1. The summed E-state index contributed by atoms with van der Waals surface area (Å²) in [5.74, 6) is -0.0637. The van der Waals surface area contributed by atoms with E-state index in [2.05, 4.69) is 4.98 Å². The summed E-state index contributed by atoms with van der Waals surface area (Å²) < 4.78 is 1.69. The molecule has 0 bridgehead atoms. The van der Waals surface area contributed by atoms with Crippen molar-refractivity contribution in [3.8, 4) is 0 Å². The quantitative estimate of drug-likeness (QED) is 0.777. The Morgan fingerprint density at radius 2 is 2.05 bits per heavy atom. The number of fused-ring (bicyclic) bond motifs is 1. The zero-order valence-electron chi connectivity index (χ0n) is 11.5. The molecule has 3 rings (SSSR count). The van der Waals surface area contributed by atoms with E-state index in [-0.39, 0.29) is 11.7 Å². The number of imidazole rings is 1. The van der Waals surface area contributed by atoms with Crippen LogP contribution in [-0.2, 0) is 18.3 Å². The van der Waals surface area contributed by atoms with Crippen molar-refractivity contribution >= 4 is 17.4 Å². The molecule has 1 aliphatic heterocycles. The average Bonchev–Trinajstić information content (AvgIpc) is 2.88. The summed E-state index contributed by atoms with van der Waals surface area (Å²) in [7, 11) is 3.50. The maximum atomic E-state index is 12.7. The lowest BCUT2D eigenvalue weighted by molar-refractivity contribution is -0.118. The number of ketones is 1. The van der Waals surface area contributed by atoms with Crippen LogP contribution in [0.5, 0.6) is 0 Å². The van der Waals surface area contributed by atoms with Crippen LogP contribution in [0.1, 0.15) is 28.0 Å². The van der Waals surface area contributed by atoms with Gasteiger partial charge in [0.1, 0.15) is 5.69 Å². The Morgan fingerprint density at radius 3 is 2.75 bits per heavy atom. The van der Waals surface area contributed by atoms with E-state index in [1.54, 1.807) is 42.2 Å². The first-order valence-electron chi connectivity index (χ1n) is 6.49. The zero-order chi connectivity index (χ0) is 14.3. The summed E-state index contributed by atoms with van der Waals surface area (Å²) in [5, 5.41) is 0. The highest BCUT2D eigenvalue weighted by Crippen LogP contribution is 2.31. The molecule has 1 amide bonds. The fourth-order valence-electron chi connectivity index (χ4n) is 2.62. The molecule has 1 aliphatic rings. The lowest BCUT2D eigenvalue weighted by Crippen LogP contribution is -2.32. The summed E-state index contributed by atoms with van der Waals surface area (Å²) in [6.07, 6.45) is 4.32. The number of carbonyl (C=O) groups is 2. The van der Waals surface area contributed by atoms with Crippen molar-refractivity contribution in [3.05, 3.63) is 47.5 Å². The van der Waals surface area contributed by atoms with Crippen molar-refractivity contribution < 1.29 is 9.59 Å². The molecule has 0 N–H and O–H groups in total. The van der Waals surface area contributed by atoms with Crippen LogP contribution >= 0.6 is 0 Å². The summed E-state index contributed by atoms with van der Waals surface area (Å²) >= 11 is 0. The van der Waals surface area contributed by atoms with E-state index >= 15 is 0 Å². The van der Waals surface area contributed by atoms with Gasteiger partial charge in [0.05, 0.1) is 18.2 Å². The third-order valence-electron chi connectivity index (χ3n) is 3.73. The van der Waals surface area contributed by atoms with E-state index in [1.165, 1.54) is 0 Å². The van der Waals surface area contributed by atoms with Crippen molar-refractivity contribution in [1.82, 2.24) is 9.55 Å². The van der Waals surface area contributed by atoms with E-state index in [0.29, 0.717) is 24.1 Å². The van der Waals surface area contributed by atoms with E-state index in [9.17, 15) is 9.59 Å². The lowest BCUT2D eigenvalue weighted by Gasteiger charge is -2.27. The first kappa shape index (κ1) is 12.6. The van der Waals surface area contributed by atoms with Gasteiger partial charge in [0.2, 0.25) is 11.7 Å². The molecule has 5 heteroatoms. The number of benzene rings is 1. The predicted molar refractivity (Wildman–Crippen MR) is 74.8 cm³/mol. The lowest BCUT2D eigenvalue weighted by atomic mass is 9.95. The molecule has 102 valence electrons. The molecule has 0 radical (unpaired) electrons. The van der Waals surface area contributed by atoms with Crippen LogP contribution in [0.3, 0.4) is 0 Å². The van der Waals surface area contributed by atoms with Gasteiger partial charge in [0.25, 0.3) is 0 Å². The molecule has 0 saturated carbocycles. The Kier molecular flexibility index (Phi) is 2.89. The maximum Gasteiger partial charge on any atom is 0.227 e. The molecule has 0 fully saturated rings. The number of para-hydroxylation sites is 1. The first-order chi connectivity index (χ1) is 9.59. The summed E-state index contributed by atoms with van der Waals surface area (Å²) in [5.41, 5.74) is 2.85. The van der Waals surface area contributed by atoms with Gasteiger partial charge in [0, 0.05) is 26.1 Å². The van der Waals surface area contributed by atoms with Crippen LogP contribution in [0.25, 0.3) is 0 Å². The van der Waals surface area contributed by atoms with Crippen molar-refractivity contribution in [1.29, 1.82) is 0 Å². The number of aromatic nitrogens is 2. The highest BCUT2D eigenvalue weighted by atomic mass is 16.2. The van der Waals surface area contributed by atoms with Crippen LogP contribution < -0.4 is 4.90 Å². The minimum Gasteiger partial charge on any atom is -0.331 e. The Bertz CT molecular complexity index is 703. The third kappa shape index (κ3) is 1.82. The summed E-state index contributed by atoms with van der Waals surface area (Å²) in [6, 6.07) is 5.60. The molecule has 0 unspecified atom stereocenters. The molecule has 0 spiro atoms. The Balaban J connectivity index is 2.14. The van der Waals surface area contributed by atoms with Gasteiger partial charge in [-0.15, -0.1) is 0 Å². The summed E-state index contributed by atoms with van der Waals surface area (Å²) in [6.45, 7) is 0. The molecule has 1 aromatic heterocycles. The summed E-state index contributed by atoms with van der Waals surface area (Å²) in [4.78, 5) is 30.1. The van der Waals surface area contributed by atoms with E-state index in [0.717, 1.165) is 11.3 Å². The smallest absolute Gasteiger partial charge is 0.227 e. The number of aryl methyl sites for hydroxylation is 2. The number of rotatable bonds is 2. The Morgan fingerprint density at radius 1 is 1.25 bits per heavy atom. The van der Waals surface area contributed by atoms with E-state index < -0.39 is 0 Å². The Hall–Kier alpha value is -2.43. The van der Waals surface area contributed by atoms with E-state index in [4.69, 9.17) is 0 Å². The molecule has 1 aromatic carbocycles. The van der Waals surface area contributed by atoms with E-state index in [1.807, 2.05) is 12.1 Å². The normalized spacial score (nSPS) is 14.3. The highest BCUT2D eigenvalue weighted by Gasteiger charge is 2.27. The zero-order valence-corrected chi connectivity index (χ0v) is 11.5. The van der Waals surface area contributed by atoms with Crippen LogP contribution in [0.2, 0.25) is 0 Å². The molecule has 0 saturated heterocycles. The SMILES string of the molecule is CN1C(=O)CCc2cccc(C(=O)c3cncn3C)c21. The van der Waals surface area contributed by atoms with Crippen molar-refractivity contribution in [2.75, 3.05) is 11.9 Å². The fraction of sp³-hybridized carbons (Fsp3) is 0.267. The first-order valence-corrected chi connectivity index (χ1v) is 6.49. The number of carbonyl (C=O) groups excluding carboxylic acids is 2. The van der Waals surface area contributed by atoms with Crippen LogP contribution in [-0.4, -0.2) is 28.3 Å². The monoisotopic (exact) mass is 269 g/mol. The minimum absolute atomic E-state index is 0.0442. The van der Waals surface area contributed by atoms with Crippen LogP contribution in [0.4, 0.5) is 5.69 Å². The number of hydrogen-bond donors (Lipinski definition) is 0. The van der Waals surface area contributed by atoms with Gasteiger partial charge in [0.15, 0.2) is 0 Å². The average molecular weight is 269 g/mol. The predicted octanol–water partition coefficient (Wildman–Crippen LogP) is 1.56. The van der Waals surface area contributed by atoms with Gasteiger partial charge in [-0.2, -0.15) is 0 Å². The van der Waals surface area contributed by atoms with Crippen LogP contribution in [0.15, 0.2) is 30.7 Å². The van der Waals surface area contributed by atoms with Crippen LogP contribution in [0, 0.1) is 0 Å². The number of nitrogens with zero attached hydrogens (tertiary/aromatic N) is 3. The van der Waals surface area contributed by atoms with Gasteiger partial charge in [-0.25, -0.2) is 4.98 Å². The second kappa shape index (κ2) is 4.59. The van der Waals surface area contributed by atoms with Crippen molar-refractivity contribution in [2.45, 2.75) is 12.8 Å². The van der Waals surface area contributed by atoms with Crippen molar-refractivity contribution in [2.24, 2.45) is 7.05 Å². The number of hydrogen-bond acceptors (Lipinski definition) is 3. The molecule has 0 atom stereocenters. The molecular formula is C15H15N3O2. The van der Waals surface area contributed by atoms with Gasteiger partial charge >= 0.3 is 0 Å². The standard InChI is InChI=1S/C15H15N3O2/c1-17-9-16-8-12(17)15(20)11-5-3-4-10-6-7-13(19)18(2)14(10)11/h3-5,8-9H,6-7H2,1-2H3. The largest absolute Gasteiger partial charge is 0.331 e. The third-order valence-corrected chi connectivity index (χ3v) is 3.73. The van der Waals surface area contributed by atoms with Gasteiger partial charge in [-0.1, -0.05) is 12.1 Å². The van der Waals surface area contributed by atoms with Crippen molar-refractivity contribution in [3.63, 3.8) is 0 Å². The molecule has 2 aromatic rings. The van der Waals surface area contributed by atoms with Gasteiger partial charge < -0.3 is 9.47 Å². The molecular weight excluding hydrogens is 254 g/mol. The maximum absolute atomic E-state index is 12.7. The van der Waals surface area contributed by atoms with Gasteiger partial charge in [-0.3, -0.25) is 9.59 Å². The van der Waals surface area contributed by atoms with Gasteiger partial charge in [-0.05, 0) is 18.1 Å². The fourth-order valence-corrected chi connectivity index (χ4v) is 2.62. The Labute approximate surface area is 116 Å². The molecule has 0 aliphatic carbocycles. The second-order valence-electron chi connectivity index (χ2n) is 4.98. The second-order valence-corrected chi connectivity index (χ2v) is 4.98. The minimum atomic E-state index is -0.108. The number of amides is 1. The molecule has 5 nitrogen and oxygen atoms in total. The topological polar surface area (TPSA) is 55.2 Å².